The molecule has 0 aliphatic carbocycles. The summed E-state index contributed by atoms with van der Waals surface area (Å²) in [5, 5.41) is 2.75. The highest BCUT2D eigenvalue weighted by atomic mass is 19.1. The molecule has 1 saturated heterocycles. The molecular formula is C12H14FNO2. The van der Waals surface area contributed by atoms with Gasteiger partial charge < -0.3 is 10.1 Å². The summed E-state index contributed by atoms with van der Waals surface area (Å²) in [4.78, 5) is 11.6. The predicted molar refractivity (Wildman–Crippen MR) is 57.7 cm³/mol. The molecule has 1 unspecified atom stereocenters. The van der Waals surface area contributed by atoms with E-state index in [1.807, 2.05) is 0 Å². The quantitative estimate of drug-likeness (QED) is 0.831. The highest BCUT2D eigenvalue weighted by Gasteiger charge is 2.23. The number of nitrogens with one attached hydrogen (secondary N) is 1. The Labute approximate surface area is 93.6 Å². The topological polar surface area (TPSA) is 38.3 Å². The number of hydrogen-bond acceptors (Lipinski definition) is 2. The van der Waals surface area contributed by atoms with Crippen LogP contribution >= 0.6 is 0 Å². The van der Waals surface area contributed by atoms with Crippen LogP contribution in [0.1, 0.15) is 19.3 Å². The van der Waals surface area contributed by atoms with Gasteiger partial charge >= 0.3 is 0 Å². The molecule has 3 nitrogen and oxygen atoms in total. The first-order valence-electron chi connectivity index (χ1n) is 5.46. The summed E-state index contributed by atoms with van der Waals surface area (Å²) in [5.41, 5.74) is 0. The van der Waals surface area contributed by atoms with Crippen molar-refractivity contribution in [3.8, 4) is 5.75 Å². The highest BCUT2D eigenvalue weighted by molar-refractivity contribution is 5.81. The third-order valence-corrected chi connectivity index (χ3v) is 2.59. The molecule has 0 saturated carbocycles. The molecule has 1 atom stereocenters. The van der Waals surface area contributed by atoms with Gasteiger partial charge in [-0.3, -0.25) is 4.79 Å². The van der Waals surface area contributed by atoms with Crippen LogP contribution in [0.2, 0.25) is 0 Å². The predicted octanol–water partition coefficient (Wildman–Crippen LogP) is 1.87. The normalized spacial score (nSPS) is 21.1. The zero-order chi connectivity index (χ0) is 11.4. The van der Waals surface area contributed by atoms with Crippen LogP contribution in [0.3, 0.4) is 0 Å². The molecule has 1 fully saturated rings. The van der Waals surface area contributed by atoms with Crippen molar-refractivity contribution < 1.29 is 13.9 Å². The van der Waals surface area contributed by atoms with E-state index in [1.54, 1.807) is 12.1 Å². The minimum Gasteiger partial charge on any atom is -0.478 e. The maximum Gasteiger partial charge on any atom is 0.261 e. The lowest BCUT2D eigenvalue weighted by molar-refractivity contribution is -0.127. The summed E-state index contributed by atoms with van der Waals surface area (Å²) in [6, 6.07) is 6.14. The molecule has 0 spiro atoms. The van der Waals surface area contributed by atoms with Crippen LogP contribution in [0, 0.1) is 5.82 Å². The first kappa shape index (κ1) is 10.9. The van der Waals surface area contributed by atoms with E-state index in [0.717, 1.165) is 12.8 Å². The monoisotopic (exact) mass is 223 g/mol. The van der Waals surface area contributed by atoms with Gasteiger partial charge in [-0.05, 0) is 31.4 Å². The fourth-order valence-corrected chi connectivity index (χ4v) is 1.72. The molecular weight excluding hydrogens is 209 g/mol. The van der Waals surface area contributed by atoms with Crippen molar-refractivity contribution in [3.05, 3.63) is 30.1 Å². The molecule has 1 amide bonds. The van der Waals surface area contributed by atoms with E-state index in [4.69, 9.17) is 4.74 Å². The Morgan fingerprint density at radius 2 is 2.12 bits per heavy atom. The summed E-state index contributed by atoms with van der Waals surface area (Å²) in [7, 11) is 0. The Balaban J connectivity index is 2.08. The first-order chi connectivity index (χ1) is 7.77. The van der Waals surface area contributed by atoms with Crippen molar-refractivity contribution in [2.24, 2.45) is 0 Å². The molecule has 1 N–H and O–H groups in total. The molecule has 4 heteroatoms. The number of amides is 1. The Morgan fingerprint density at radius 3 is 2.94 bits per heavy atom. The highest BCUT2D eigenvalue weighted by Crippen LogP contribution is 2.19. The lowest BCUT2D eigenvalue weighted by atomic mass is 10.2. The molecule has 0 aromatic heterocycles. The van der Waals surface area contributed by atoms with Crippen molar-refractivity contribution in [2.45, 2.75) is 25.4 Å². The van der Waals surface area contributed by atoms with E-state index in [1.165, 1.54) is 12.1 Å². The van der Waals surface area contributed by atoms with Crippen molar-refractivity contribution in [1.29, 1.82) is 0 Å². The minimum absolute atomic E-state index is 0.143. The third-order valence-electron chi connectivity index (χ3n) is 2.59. The number of para-hydroxylation sites is 1. The molecule has 1 aromatic carbocycles. The number of halogens is 1. The third kappa shape index (κ3) is 2.51. The average Bonchev–Trinajstić information content (AvgIpc) is 2.48. The van der Waals surface area contributed by atoms with E-state index in [-0.39, 0.29) is 11.7 Å². The van der Waals surface area contributed by atoms with Gasteiger partial charge in [-0.25, -0.2) is 4.39 Å². The summed E-state index contributed by atoms with van der Waals surface area (Å²) in [6.07, 6.45) is 1.93. The second-order valence-electron chi connectivity index (χ2n) is 3.82. The fraction of sp³-hybridized carbons (Fsp3) is 0.417. The van der Waals surface area contributed by atoms with Crippen LogP contribution in [0.15, 0.2) is 24.3 Å². The van der Waals surface area contributed by atoms with Crippen LogP contribution in [0.25, 0.3) is 0 Å². The van der Waals surface area contributed by atoms with Gasteiger partial charge in [0.05, 0.1) is 0 Å². The molecule has 1 heterocycles. The minimum atomic E-state index is -0.570. The first-order valence-corrected chi connectivity index (χ1v) is 5.46. The van der Waals surface area contributed by atoms with Crippen LogP contribution < -0.4 is 10.1 Å². The summed E-state index contributed by atoms with van der Waals surface area (Å²) >= 11 is 0. The largest absolute Gasteiger partial charge is 0.478 e. The van der Waals surface area contributed by atoms with Crippen molar-refractivity contribution in [2.75, 3.05) is 6.54 Å². The number of ether oxygens (including phenoxy) is 1. The standard InChI is InChI=1S/C12H14FNO2/c13-9-5-1-2-6-10(9)16-11-7-3-4-8-14-12(11)15/h1-2,5-6,11H,3-4,7-8H2,(H,14,15). The zero-order valence-electron chi connectivity index (χ0n) is 8.91. The average molecular weight is 223 g/mol. The lowest BCUT2D eigenvalue weighted by Gasteiger charge is -2.15. The van der Waals surface area contributed by atoms with Crippen LogP contribution in [-0.2, 0) is 4.79 Å². The Morgan fingerprint density at radius 1 is 1.31 bits per heavy atom. The number of carbonyl (C=O) groups is 1. The number of rotatable bonds is 2. The van der Waals surface area contributed by atoms with Crippen LogP contribution in [0.5, 0.6) is 5.75 Å². The lowest BCUT2D eigenvalue weighted by Crippen LogP contribution is -2.36. The Kier molecular flexibility index (Phi) is 3.39. The molecule has 2 rings (SSSR count). The second kappa shape index (κ2) is 4.96. The summed E-state index contributed by atoms with van der Waals surface area (Å²) in [6.45, 7) is 0.677. The molecule has 86 valence electrons. The Bertz CT molecular complexity index is 381. The number of hydrogen-bond donors (Lipinski definition) is 1. The van der Waals surface area contributed by atoms with Crippen molar-refractivity contribution in [3.63, 3.8) is 0 Å². The fourth-order valence-electron chi connectivity index (χ4n) is 1.72. The van der Waals surface area contributed by atoms with Crippen LogP contribution in [-0.4, -0.2) is 18.6 Å². The van der Waals surface area contributed by atoms with E-state index in [9.17, 15) is 9.18 Å². The molecule has 1 aliphatic rings. The van der Waals surface area contributed by atoms with Gasteiger partial charge in [0, 0.05) is 6.54 Å². The van der Waals surface area contributed by atoms with E-state index < -0.39 is 11.9 Å². The van der Waals surface area contributed by atoms with Gasteiger partial charge in [0.1, 0.15) is 0 Å². The van der Waals surface area contributed by atoms with Gasteiger partial charge in [0.2, 0.25) is 0 Å². The van der Waals surface area contributed by atoms with Gasteiger partial charge in [-0.15, -0.1) is 0 Å². The van der Waals surface area contributed by atoms with Gasteiger partial charge in [0.15, 0.2) is 17.7 Å². The molecule has 0 bridgehead atoms. The Hall–Kier alpha value is -1.58. The van der Waals surface area contributed by atoms with Crippen molar-refractivity contribution in [1.82, 2.24) is 5.32 Å². The summed E-state index contributed by atoms with van der Waals surface area (Å²) in [5.74, 6) is -0.440. The van der Waals surface area contributed by atoms with Crippen LogP contribution in [0.4, 0.5) is 4.39 Å². The second-order valence-corrected chi connectivity index (χ2v) is 3.82. The number of benzene rings is 1. The van der Waals surface area contributed by atoms with E-state index in [0.29, 0.717) is 13.0 Å². The molecule has 16 heavy (non-hydrogen) atoms. The maximum absolute atomic E-state index is 13.3. The van der Waals surface area contributed by atoms with Crippen molar-refractivity contribution >= 4 is 5.91 Å². The zero-order valence-corrected chi connectivity index (χ0v) is 8.91. The van der Waals surface area contributed by atoms with Gasteiger partial charge in [-0.2, -0.15) is 0 Å². The SMILES string of the molecule is O=C1NCCCCC1Oc1ccccc1F. The maximum atomic E-state index is 13.3. The molecule has 1 aliphatic heterocycles. The number of carbonyl (C=O) groups excluding carboxylic acids is 1. The van der Waals surface area contributed by atoms with E-state index in [2.05, 4.69) is 5.32 Å². The smallest absolute Gasteiger partial charge is 0.261 e. The summed E-state index contributed by atoms with van der Waals surface area (Å²) < 4.78 is 18.7. The van der Waals surface area contributed by atoms with Gasteiger partial charge in [-0.1, -0.05) is 12.1 Å². The van der Waals surface area contributed by atoms with Gasteiger partial charge in [0.25, 0.3) is 5.91 Å². The van der Waals surface area contributed by atoms with E-state index >= 15 is 0 Å². The molecule has 0 radical (unpaired) electrons. The molecule has 1 aromatic rings.